The van der Waals surface area contributed by atoms with Crippen LogP contribution in [0, 0.1) is 0 Å². The first-order valence-electron chi connectivity index (χ1n) is 3.57. The number of carbonyl (C=O) groups is 1. The highest BCUT2D eigenvalue weighted by atomic mass is 35.5. The Hall–Kier alpha value is -0.320. The molecule has 1 unspecified atom stereocenters. The molecular weight excluding hydrogens is 180 g/mol. The van der Waals surface area contributed by atoms with E-state index in [2.05, 4.69) is 5.32 Å². The van der Waals surface area contributed by atoms with E-state index in [4.69, 9.17) is 10.8 Å². The summed E-state index contributed by atoms with van der Waals surface area (Å²) < 4.78 is 0. The molecule has 74 valence electrons. The molecule has 0 aliphatic heterocycles. The highest BCUT2D eigenvalue weighted by Gasteiger charge is 2.21. The Balaban J connectivity index is 0. The molecule has 0 aromatic rings. The fourth-order valence-electron chi connectivity index (χ4n) is 0.744. The van der Waals surface area contributed by atoms with Crippen LogP contribution in [0.25, 0.3) is 0 Å². The van der Waals surface area contributed by atoms with Crippen LogP contribution in [0.1, 0.15) is 20.8 Å². The van der Waals surface area contributed by atoms with Crippen LogP contribution in [-0.2, 0) is 4.79 Å². The zero-order chi connectivity index (χ0) is 9.07. The van der Waals surface area contributed by atoms with Crippen LogP contribution in [0.3, 0.4) is 0 Å². The van der Waals surface area contributed by atoms with E-state index in [-0.39, 0.29) is 24.5 Å². The molecule has 12 heavy (non-hydrogen) atoms. The number of hydrogen-bond acceptors (Lipinski definition) is 3. The van der Waals surface area contributed by atoms with Crippen LogP contribution in [0.2, 0.25) is 0 Å². The number of carboxylic acid groups (broad SMARTS) is 1. The van der Waals surface area contributed by atoms with Gasteiger partial charge in [-0.1, -0.05) is 0 Å². The number of rotatable bonds is 3. The van der Waals surface area contributed by atoms with Crippen molar-refractivity contribution < 1.29 is 9.90 Å². The molecule has 0 rings (SSSR count). The Morgan fingerprint density at radius 3 is 2.08 bits per heavy atom. The van der Waals surface area contributed by atoms with Crippen molar-refractivity contribution >= 4 is 18.4 Å². The summed E-state index contributed by atoms with van der Waals surface area (Å²) in [6.45, 7) is 5.82. The van der Waals surface area contributed by atoms with E-state index in [1.165, 1.54) is 0 Å². The maximum absolute atomic E-state index is 10.5. The average Bonchev–Trinajstić information content (AvgIpc) is 1.80. The van der Waals surface area contributed by atoms with Gasteiger partial charge in [0, 0.05) is 12.1 Å². The molecule has 0 heterocycles. The minimum absolute atomic E-state index is 0. The van der Waals surface area contributed by atoms with Crippen molar-refractivity contribution in [2.24, 2.45) is 5.73 Å². The summed E-state index contributed by atoms with van der Waals surface area (Å²) in [5, 5.41) is 11.5. The lowest BCUT2D eigenvalue weighted by Gasteiger charge is -2.24. The second-order valence-corrected chi connectivity index (χ2v) is 3.52. The molecule has 0 saturated carbocycles. The molecule has 4 nitrogen and oxygen atoms in total. The van der Waals surface area contributed by atoms with E-state index < -0.39 is 12.0 Å². The third-order valence-electron chi connectivity index (χ3n) is 1.14. The van der Waals surface area contributed by atoms with Gasteiger partial charge in [0.25, 0.3) is 0 Å². The van der Waals surface area contributed by atoms with Crippen LogP contribution in [0.5, 0.6) is 0 Å². The monoisotopic (exact) mass is 196 g/mol. The van der Waals surface area contributed by atoms with Crippen LogP contribution in [-0.4, -0.2) is 29.2 Å². The fourth-order valence-corrected chi connectivity index (χ4v) is 0.744. The van der Waals surface area contributed by atoms with Crippen molar-refractivity contribution in [3.05, 3.63) is 0 Å². The minimum Gasteiger partial charge on any atom is -0.480 e. The lowest BCUT2D eigenvalue weighted by Crippen LogP contribution is -2.51. The first-order valence-corrected chi connectivity index (χ1v) is 3.57. The van der Waals surface area contributed by atoms with Crippen molar-refractivity contribution in [3.63, 3.8) is 0 Å². The molecule has 0 aromatic carbocycles. The Kier molecular flexibility index (Phi) is 6.34. The van der Waals surface area contributed by atoms with E-state index >= 15 is 0 Å². The predicted octanol–water partition coefficient (Wildman–Crippen LogP) is 0.208. The van der Waals surface area contributed by atoms with Gasteiger partial charge in [0.2, 0.25) is 0 Å². The van der Waals surface area contributed by atoms with Crippen LogP contribution >= 0.6 is 12.4 Å². The van der Waals surface area contributed by atoms with Gasteiger partial charge in [0.1, 0.15) is 6.04 Å². The first-order chi connectivity index (χ1) is 4.87. The largest absolute Gasteiger partial charge is 0.480 e. The maximum Gasteiger partial charge on any atom is 0.322 e. The van der Waals surface area contributed by atoms with E-state index in [1.807, 2.05) is 20.8 Å². The van der Waals surface area contributed by atoms with Crippen molar-refractivity contribution in [2.45, 2.75) is 32.4 Å². The van der Waals surface area contributed by atoms with Crippen molar-refractivity contribution in [3.8, 4) is 0 Å². The summed E-state index contributed by atoms with van der Waals surface area (Å²) in [5.41, 5.74) is 5.03. The van der Waals surface area contributed by atoms with E-state index in [0.717, 1.165) is 0 Å². The van der Waals surface area contributed by atoms with E-state index in [9.17, 15) is 4.79 Å². The SMILES string of the molecule is CC(C)(C)NC(CN)C(=O)O.Cl. The van der Waals surface area contributed by atoms with Crippen molar-refractivity contribution in [2.75, 3.05) is 6.54 Å². The summed E-state index contributed by atoms with van der Waals surface area (Å²) >= 11 is 0. The first kappa shape index (κ1) is 14.2. The Morgan fingerprint density at radius 1 is 1.58 bits per heavy atom. The molecule has 0 spiro atoms. The van der Waals surface area contributed by atoms with Gasteiger partial charge in [0.05, 0.1) is 0 Å². The van der Waals surface area contributed by atoms with Gasteiger partial charge >= 0.3 is 5.97 Å². The molecule has 5 heteroatoms. The highest BCUT2D eigenvalue weighted by molar-refractivity contribution is 5.85. The number of nitrogens with one attached hydrogen (secondary N) is 1. The van der Waals surface area contributed by atoms with Gasteiger partial charge in [-0.25, -0.2) is 0 Å². The third kappa shape index (κ3) is 6.39. The van der Waals surface area contributed by atoms with Crippen LogP contribution < -0.4 is 11.1 Å². The summed E-state index contributed by atoms with van der Waals surface area (Å²) in [4.78, 5) is 10.5. The van der Waals surface area contributed by atoms with E-state index in [0.29, 0.717) is 0 Å². The molecule has 0 saturated heterocycles. The lowest BCUT2D eigenvalue weighted by atomic mass is 10.1. The van der Waals surface area contributed by atoms with Crippen molar-refractivity contribution in [1.29, 1.82) is 0 Å². The smallest absolute Gasteiger partial charge is 0.322 e. The molecule has 0 fully saturated rings. The van der Waals surface area contributed by atoms with Gasteiger partial charge in [-0.15, -0.1) is 12.4 Å². The Bertz CT molecular complexity index is 145. The van der Waals surface area contributed by atoms with E-state index in [1.54, 1.807) is 0 Å². The summed E-state index contributed by atoms with van der Waals surface area (Å²) in [6, 6.07) is -0.644. The number of aliphatic carboxylic acids is 1. The second kappa shape index (κ2) is 5.35. The summed E-state index contributed by atoms with van der Waals surface area (Å²) in [6.07, 6.45) is 0. The van der Waals surface area contributed by atoms with Crippen molar-refractivity contribution in [1.82, 2.24) is 5.32 Å². The third-order valence-corrected chi connectivity index (χ3v) is 1.14. The molecule has 0 bridgehead atoms. The summed E-state index contributed by atoms with van der Waals surface area (Å²) in [5.74, 6) is -0.901. The van der Waals surface area contributed by atoms with Crippen LogP contribution in [0.15, 0.2) is 0 Å². The zero-order valence-electron chi connectivity index (χ0n) is 7.63. The summed E-state index contributed by atoms with van der Waals surface area (Å²) in [7, 11) is 0. The van der Waals surface area contributed by atoms with Gasteiger partial charge in [-0.3, -0.25) is 10.1 Å². The number of nitrogens with two attached hydrogens (primary N) is 1. The molecule has 0 radical (unpaired) electrons. The quantitative estimate of drug-likeness (QED) is 0.603. The highest BCUT2D eigenvalue weighted by Crippen LogP contribution is 2.00. The van der Waals surface area contributed by atoms with Gasteiger partial charge < -0.3 is 10.8 Å². The second-order valence-electron chi connectivity index (χ2n) is 3.52. The lowest BCUT2D eigenvalue weighted by molar-refractivity contribution is -0.139. The Labute approximate surface area is 78.9 Å². The number of carboxylic acids is 1. The normalized spacial score (nSPS) is 13.3. The Morgan fingerprint density at radius 2 is 2.00 bits per heavy atom. The topological polar surface area (TPSA) is 75.3 Å². The molecule has 0 aliphatic carbocycles. The maximum atomic E-state index is 10.5. The standard InChI is InChI=1S/C7H16N2O2.ClH/c1-7(2,3)9-5(4-8)6(10)11;/h5,9H,4,8H2,1-3H3,(H,10,11);1H. The molecular formula is C7H17ClN2O2. The van der Waals surface area contributed by atoms with Gasteiger partial charge in [-0.2, -0.15) is 0 Å². The van der Waals surface area contributed by atoms with Gasteiger partial charge in [-0.05, 0) is 20.8 Å². The average molecular weight is 197 g/mol. The molecule has 4 N–H and O–H groups in total. The molecule has 0 aliphatic rings. The molecule has 0 amide bonds. The minimum atomic E-state index is -0.901. The number of halogens is 1. The van der Waals surface area contributed by atoms with Gasteiger partial charge in [0.15, 0.2) is 0 Å². The predicted molar refractivity (Wildman–Crippen MR) is 50.6 cm³/mol. The molecule has 0 aromatic heterocycles. The fraction of sp³-hybridized carbons (Fsp3) is 0.857. The van der Waals surface area contributed by atoms with Crippen LogP contribution in [0.4, 0.5) is 0 Å². The zero-order valence-corrected chi connectivity index (χ0v) is 8.44. The number of hydrogen-bond donors (Lipinski definition) is 3. The molecule has 1 atom stereocenters.